The minimum Gasteiger partial charge on any atom is -0.469 e. The van der Waals surface area contributed by atoms with Crippen LogP contribution in [0.2, 0.25) is 0 Å². The van der Waals surface area contributed by atoms with E-state index in [0.717, 1.165) is 18.6 Å². The van der Waals surface area contributed by atoms with Crippen LogP contribution < -0.4 is 0 Å². The average Bonchev–Trinajstić information content (AvgIpc) is 2.69. The van der Waals surface area contributed by atoms with Crippen molar-refractivity contribution in [2.24, 2.45) is 5.92 Å². The summed E-state index contributed by atoms with van der Waals surface area (Å²) in [5, 5.41) is 0. The van der Waals surface area contributed by atoms with Crippen LogP contribution in [0.25, 0.3) is 0 Å². The normalized spacial score (nSPS) is 19.0. The van der Waals surface area contributed by atoms with Gasteiger partial charge in [0.1, 0.15) is 11.5 Å². The molecule has 0 radical (unpaired) electrons. The lowest BCUT2D eigenvalue weighted by molar-refractivity contribution is -0.123. The highest BCUT2D eigenvalue weighted by atomic mass is 16.3. The minimum atomic E-state index is 0.283. The molecule has 1 aliphatic carbocycles. The summed E-state index contributed by atoms with van der Waals surface area (Å²) in [6, 6.07) is 3.74. The first-order valence-corrected chi connectivity index (χ1v) is 6.41. The van der Waals surface area contributed by atoms with Crippen molar-refractivity contribution in [2.45, 2.75) is 51.4 Å². The first-order chi connectivity index (χ1) is 7.86. The van der Waals surface area contributed by atoms with Gasteiger partial charge in [-0.2, -0.15) is 0 Å². The summed E-state index contributed by atoms with van der Waals surface area (Å²) in [7, 11) is 0. The molecule has 0 amide bonds. The van der Waals surface area contributed by atoms with Crippen LogP contribution in [0.1, 0.15) is 50.7 Å². The average molecular weight is 220 g/mol. The van der Waals surface area contributed by atoms with Crippen molar-refractivity contribution in [1.29, 1.82) is 0 Å². The van der Waals surface area contributed by atoms with Gasteiger partial charge < -0.3 is 4.42 Å². The molecule has 0 atom stereocenters. The van der Waals surface area contributed by atoms with Crippen molar-refractivity contribution in [1.82, 2.24) is 0 Å². The van der Waals surface area contributed by atoms with Crippen LogP contribution in [0.4, 0.5) is 0 Å². The summed E-state index contributed by atoms with van der Waals surface area (Å²) in [6.45, 7) is 0. The molecule has 2 rings (SSSR count). The molecule has 88 valence electrons. The Morgan fingerprint density at radius 3 is 2.50 bits per heavy atom. The summed E-state index contributed by atoms with van der Waals surface area (Å²) < 4.78 is 5.23. The molecule has 16 heavy (non-hydrogen) atoms. The molecule has 2 nitrogen and oxygen atoms in total. The number of hydrogen-bond donors (Lipinski definition) is 0. The Hall–Kier alpha value is -1.05. The molecule has 1 aliphatic rings. The van der Waals surface area contributed by atoms with E-state index in [4.69, 9.17) is 4.42 Å². The van der Waals surface area contributed by atoms with E-state index in [-0.39, 0.29) is 5.92 Å². The lowest BCUT2D eigenvalue weighted by Gasteiger charge is -2.17. The van der Waals surface area contributed by atoms with Gasteiger partial charge in [0.2, 0.25) is 0 Å². The molecule has 0 aromatic carbocycles. The molecule has 0 N–H and O–H groups in total. The third-order valence-corrected chi connectivity index (χ3v) is 3.49. The van der Waals surface area contributed by atoms with Crippen molar-refractivity contribution in [2.75, 3.05) is 0 Å². The Labute approximate surface area is 97.0 Å². The third-order valence-electron chi connectivity index (χ3n) is 3.49. The molecule has 1 heterocycles. The van der Waals surface area contributed by atoms with Crippen LogP contribution in [-0.2, 0) is 11.2 Å². The molecule has 1 saturated carbocycles. The second kappa shape index (κ2) is 5.88. The predicted molar refractivity (Wildman–Crippen MR) is 63.2 cm³/mol. The highest BCUT2D eigenvalue weighted by Gasteiger charge is 2.20. The lowest BCUT2D eigenvalue weighted by Crippen LogP contribution is -2.17. The van der Waals surface area contributed by atoms with Crippen molar-refractivity contribution >= 4 is 5.78 Å². The fourth-order valence-corrected chi connectivity index (χ4v) is 2.51. The Balaban J connectivity index is 1.87. The summed E-state index contributed by atoms with van der Waals surface area (Å²) in [5.74, 6) is 1.47. The zero-order valence-corrected chi connectivity index (χ0v) is 9.78. The summed E-state index contributed by atoms with van der Waals surface area (Å²) in [4.78, 5) is 12.1. The number of carbonyl (C=O) groups is 1. The second-order valence-electron chi connectivity index (χ2n) is 4.76. The van der Waals surface area contributed by atoms with Crippen LogP contribution in [0.15, 0.2) is 22.8 Å². The second-order valence-corrected chi connectivity index (χ2v) is 4.76. The quantitative estimate of drug-likeness (QED) is 0.776. The first kappa shape index (κ1) is 11.4. The molecule has 0 spiro atoms. The molecule has 0 aliphatic heterocycles. The molecule has 1 fully saturated rings. The van der Waals surface area contributed by atoms with E-state index in [9.17, 15) is 4.79 Å². The topological polar surface area (TPSA) is 30.2 Å². The molecule has 2 heteroatoms. The molecule has 0 unspecified atom stereocenters. The standard InChI is InChI=1S/C14H20O2/c15-14(11-13-9-6-10-16-13)12-7-4-2-1-3-5-8-12/h6,9-10,12H,1-5,7-8,11H2. The van der Waals surface area contributed by atoms with Crippen LogP contribution in [0, 0.1) is 5.92 Å². The molecular weight excluding hydrogens is 200 g/mol. The van der Waals surface area contributed by atoms with E-state index in [1.165, 1.54) is 32.1 Å². The Morgan fingerprint density at radius 1 is 1.19 bits per heavy atom. The number of Topliss-reactive ketones (excluding diaryl/α,β-unsaturated/α-hetero) is 1. The SMILES string of the molecule is O=C(Cc1ccco1)C1CCCCCCC1. The minimum absolute atomic E-state index is 0.283. The van der Waals surface area contributed by atoms with Gasteiger partial charge in [0.15, 0.2) is 0 Å². The molecule has 0 saturated heterocycles. The zero-order valence-electron chi connectivity index (χ0n) is 9.78. The van der Waals surface area contributed by atoms with Crippen molar-refractivity contribution in [3.05, 3.63) is 24.2 Å². The molecule has 0 bridgehead atoms. The van der Waals surface area contributed by atoms with Crippen molar-refractivity contribution < 1.29 is 9.21 Å². The largest absolute Gasteiger partial charge is 0.469 e. The number of furan rings is 1. The summed E-state index contributed by atoms with van der Waals surface area (Å²) in [6.07, 6.45) is 10.7. The van der Waals surface area contributed by atoms with Gasteiger partial charge in [-0.15, -0.1) is 0 Å². The number of rotatable bonds is 3. The summed E-state index contributed by atoms with van der Waals surface area (Å²) >= 11 is 0. The number of carbonyl (C=O) groups excluding carboxylic acids is 1. The monoisotopic (exact) mass is 220 g/mol. The van der Waals surface area contributed by atoms with E-state index < -0.39 is 0 Å². The molecule has 1 aromatic rings. The fraction of sp³-hybridized carbons (Fsp3) is 0.643. The number of ketones is 1. The Morgan fingerprint density at radius 2 is 1.88 bits per heavy atom. The van der Waals surface area contributed by atoms with Gasteiger partial charge in [-0.3, -0.25) is 4.79 Å². The van der Waals surface area contributed by atoms with E-state index in [1.807, 2.05) is 12.1 Å². The number of hydrogen-bond acceptors (Lipinski definition) is 2. The van der Waals surface area contributed by atoms with Gasteiger partial charge in [0, 0.05) is 5.92 Å². The van der Waals surface area contributed by atoms with Crippen LogP contribution >= 0.6 is 0 Å². The molecular formula is C14H20O2. The van der Waals surface area contributed by atoms with E-state index in [1.54, 1.807) is 6.26 Å². The fourth-order valence-electron chi connectivity index (χ4n) is 2.51. The van der Waals surface area contributed by atoms with E-state index in [2.05, 4.69) is 0 Å². The highest BCUT2D eigenvalue weighted by molar-refractivity contribution is 5.82. The van der Waals surface area contributed by atoms with Gasteiger partial charge in [-0.1, -0.05) is 32.1 Å². The van der Waals surface area contributed by atoms with Gasteiger partial charge in [0.25, 0.3) is 0 Å². The van der Waals surface area contributed by atoms with Gasteiger partial charge in [-0.25, -0.2) is 0 Å². The Kier molecular flexibility index (Phi) is 4.20. The lowest BCUT2D eigenvalue weighted by atomic mass is 9.87. The van der Waals surface area contributed by atoms with Crippen LogP contribution in [0.3, 0.4) is 0 Å². The van der Waals surface area contributed by atoms with Crippen LogP contribution in [-0.4, -0.2) is 5.78 Å². The maximum absolute atomic E-state index is 12.1. The maximum atomic E-state index is 12.1. The third kappa shape index (κ3) is 3.22. The maximum Gasteiger partial charge on any atom is 0.143 e. The van der Waals surface area contributed by atoms with Crippen molar-refractivity contribution in [3.8, 4) is 0 Å². The van der Waals surface area contributed by atoms with Crippen LogP contribution in [0.5, 0.6) is 0 Å². The summed E-state index contributed by atoms with van der Waals surface area (Å²) in [5.41, 5.74) is 0. The van der Waals surface area contributed by atoms with E-state index in [0.29, 0.717) is 12.2 Å². The molecule has 1 aromatic heterocycles. The zero-order chi connectivity index (χ0) is 11.2. The highest BCUT2D eigenvalue weighted by Crippen LogP contribution is 2.24. The van der Waals surface area contributed by atoms with Gasteiger partial charge >= 0.3 is 0 Å². The van der Waals surface area contributed by atoms with Gasteiger partial charge in [-0.05, 0) is 25.0 Å². The van der Waals surface area contributed by atoms with Gasteiger partial charge in [0.05, 0.1) is 12.7 Å². The van der Waals surface area contributed by atoms with E-state index >= 15 is 0 Å². The Bertz CT molecular complexity index is 305. The first-order valence-electron chi connectivity index (χ1n) is 6.41. The van der Waals surface area contributed by atoms with Crippen molar-refractivity contribution in [3.63, 3.8) is 0 Å². The smallest absolute Gasteiger partial charge is 0.143 e. The predicted octanol–water partition coefficient (Wildman–Crippen LogP) is 3.75.